The van der Waals surface area contributed by atoms with Crippen LogP contribution in [0.4, 0.5) is 5.95 Å². The highest BCUT2D eigenvalue weighted by Crippen LogP contribution is 2.37. The predicted molar refractivity (Wildman–Crippen MR) is 126 cm³/mol. The fourth-order valence-corrected chi connectivity index (χ4v) is 3.94. The van der Waals surface area contributed by atoms with Gasteiger partial charge in [0, 0.05) is 38.5 Å². The van der Waals surface area contributed by atoms with Gasteiger partial charge in [-0.3, -0.25) is 4.79 Å². The number of anilines is 1. The van der Waals surface area contributed by atoms with Crippen LogP contribution in [0.1, 0.15) is 30.5 Å². The molecule has 1 amide bonds. The number of hydrogen-bond donors (Lipinski definition) is 1. The lowest BCUT2D eigenvalue weighted by Crippen LogP contribution is -2.35. The number of aryl methyl sites for hydroxylation is 1. The van der Waals surface area contributed by atoms with Crippen LogP contribution in [0.3, 0.4) is 0 Å². The Kier molecular flexibility index (Phi) is 6.93. The monoisotopic (exact) mass is 467 g/mol. The maximum absolute atomic E-state index is 11.1. The fourth-order valence-electron chi connectivity index (χ4n) is 3.63. The van der Waals surface area contributed by atoms with E-state index in [1.807, 2.05) is 38.4 Å². The Balaban J connectivity index is 1.39. The fraction of sp³-hybridized carbons (Fsp3) is 0.333. The van der Waals surface area contributed by atoms with Gasteiger partial charge in [-0.05, 0) is 49.1 Å². The van der Waals surface area contributed by atoms with Crippen molar-refractivity contribution in [3.8, 4) is 17.4 Å². The minimum absolute atomic E-state index is 0.0964. The number of carbonyl (C=O) groups is 1. The van der Waals surface area contributed by atoms with Crippen LogP contribution in [0.5, 0.6) is 17.4 Å². The minimum Gasteiger partial charge on any atom is -0.475 e. The maximum Gasteiger partial charge on any atom is 0.225 e. The third-order valence-corrected chi connectivity index (χ3v) is 5.63. The molecular formula is C24H26ClN5O3. The number of amides is 1. The molecule has 8 nitrogen and oxygen atoms in total. The first-order valence-electron chi connectivity index (χ1n) is 10.8. The SMILES string of the molecule is CC(=O)NC(C)COc1ccc(Oc2ccc3c(c2Cl)CCN(c2ncc(C)cn2)C3)cn1. The number of hydrogen-bond acceptors (Lipinski definition) is 7. The Labute approximate surface area is 197 Å². The number of nitrogens with zero attached hydrogens (tertiary/aromatic N) is 4. The summed E-state index contributed by atoms with van der Waals surface area (Å²) in [6.07, 6.45) is 6.02. The Morgan fingerprint density at radius 2 is 1.97 bits per heavy atom. The molecule has 1 aromatic carbocycles. The number of benzene rings is 1. The molecule has 172 valence electrons. The van der Waals surface area contributed by atoms with Gasteiger partial charge in [0.25, 0.3) is 0 Å². The number of fused-ring (bicyclic) bond motifs is 1. The van der Waals surface area contributed by atoms with Crippen LogP contribution >= 0.6 is 11.6 Å². The Morgan fingerprint density at radius 3 is 2.67 bits per heavy atom. The zero-order valence-corrected chi connectivity index (χ0v) is 19.6. The van der Waals surface area contributed by atoms with Crippen molar-refractivity contribution in [3.63, 3.8) is 0 Å². The molecule has 3 aromatic rings. The number of rotatable bonds is 7. The first-order valence-corrected chi connectivity index (χ1v) is 11.1. The predicted octanol–water partition coefficient (Wildman–Crippen LogP) is 4.09. The third kappa shape index (κ3) is 5.70. The van der Waals surface area contributed by atoms with Gasteiger partial charge in [0.05, 0.1) is 17.3 Å². The van der Waals surface area contributed by atoms with E-state index in [1.54, 1.807) is 18.3 Å². The summed E-state index contributed by atoms with van der Waals surface area (Å²) in [4.78, 5) is 26.4. The lowest BCUT2D eigenvalue weighted by Gasteiger charge is -2.29. The normalized spacial score (nSPS) is 13.8. The molecule has 33 heavy (non-hydrogen) atoms. The summed E-state index contributed by atoms with van der Waals surface area (Å²) in [5, 5.41) is 3.37. The standard InChI is InChI=1S/C24H26ClN5O3/c1-15-10-27-24(28-11-15)30-9-8-20-18(13-30)4-6-21(23(20)25)33-19-5-7-22(26-12-19)32-14-16(2)29-17(3)31/h4-7,10-12,16H,8-9,13-14H2,1-3H3,(H,29,31). The highest BCUT2D eigenvalue weighted by Gasteiger charge is 2.22. The van der Waals surface area contributed by atoms with Gasteiger partial charge in [0.15, 0.2) is 0 Å². The molecule has 4 rings (SSSR count). The molecule has 1 aliphatic heterocycles. The summed E-state index contributed by atoms with van der Waals surface area (Å²) in [6, 6.07) is 7.30. The van der Waals surface area contributed by atoms with Crippen LogP contribution in [0.25, 0.3) is 0 Å². The van der Waals surface area contributed by atoms with Gasteiger partial charge < -0.3 is 19.7 Å². The minimum atomic E-state index is -0.108. The smallest absolute Gasteiger partial charge is 0.225 e. The molecule has 0 saturated heterocycles. The van der Waals surface area contributed by atoms with E-state index < -0.39 is 0 Å². The number of carbonyl (C=O) groups excluding carboxylic acids is 1. The van der Waals surface area contributed by atoms with Gasteiger partial charge in [-0.1, -0.05) is 17.7 Å². The maximum atomic E-state index is 11.1. The van der Waals surface area contributed by atoms with Crippen molar-refractivity contribution in [2.45, 2.75) is 39.8 Å². The van der Waals surface area contributed by atoms with Gasteiger partial charge in [-0.2, -0.15) is 0 Å². The molecule has 0 saturated carbocycles. The van der Waals surface area contributed by atoms with E-state index in [2.05, 4.69) is 25.2 Å². The highest BCUT2D eigenvalue weighted by atomic mass is 35.5. The average Bonchev–Trinajstić information content (AvgIpc) is 2.80. The van der Waals surface area contributed by atoms with Crippen LogP contribution < -0.4 is 19.7 Å². The molecule has 2 aromatic heterocycles. The van der Waals surface area contributed by atoms with Gasteiger partial charge in [0.2, 0.25) is 17.7 Å². The second-order valence-electron chi connectivity index (χ2n) is 8.09. The van der Waals surface area contributed by atoms with E-state index in [0.29, 0.717) is 35.6 Å². The van der Waals surface area contributed by atoms with E-state index in [0.717, 1.165) is 35.6 Å². The second-order valence-corrected chi connectivity index (χ2v) is 8.47. The van der Waals surface area contributed by atoms with Crippen molar-refractivity contribution in [2.24, 2.45) is 0 Å². The lowest BCUT2D eigenvalue weighted by atomic mass is 9.99. The van der Waals surface area contributed by atoms with Crippen LogP contribution in [0.15, 0.2) is 42.9 Å². The number of halogens is 1. The van der Waals surface area contributed by atoms with Crippen molar-refractivity contribution >= 4 is 23.5 Å². The summed E-state index contributed by atoms with van der Waals surface area (Å²) < 4.78 is 11.6. The first-order chi connectivity index (χ1) is 15.9. The van der Waals surface area contributed by atoms with Crippen LogP contribution in [0, 0.1) is 6.92 Å². The van der Waals surface area contributed by atoms with Gasteiger partial charge in [-0.15, -0.1) is 0 Å². The molecule has 0 fully saturated rings. The van der Waals surface area contributed by atoms with Crippen LogP contribution in [0.2, 0.25) is 5.02 Å². The Bertz CT molecular complexity index is 1120. The largest absolute Gasteiger partial charge is 0.475 e. The molecule has 0 aliphatic carbocycles. The zero-order valence-electron chi connectivity index (χ0n) is 18.8. The summed E-state index contributed by atoms with van der Waals surface area (Å²) in [7, 11) is 0. The van der Waals surface area contributed by atoms with Gasteiger partial charge in [-0.25, -0.2) is 15.0 Å². The van der Waals surface area contributed by atoms with Crippen molar-refractivity contribution in [1.82, 2.24) is 20.3 Å². The lowest BCUT2D eigenvalue weighted by molar-refractivity contribution is -0.119. The molecule has 1 unspecified atom stereocenters. The quantitative estimate of drug-likeness (QED) is 0.559. The number of ether oxygens (including phenoxy) is 2. The molecule has 1 N–H and O–H groups in total. The van der Waals surface area contributed by atoms with Crippen molar-refractivity contribution in [2.75, 3.05) is 18.1 Å². The molecular weight excluding hydrogens is 442 g/mol. The van der Waals surface area contributed by atoms with E-state index in [4.69, 9.17) is 21.1 Å². The number of nitrogens with one attached hydrogen (secondary N) is 1. The zero-order chi connectivity index (χ0) is 23.4. The topological polar surface area (TPSA) is 89.5 Å². The van der Waals surface area contributed by atoms with E-state index >= 15 is 0 Å². The molecule has 1 aliphatic rings. The van der Waals surface area contributed by atoms with Crippen LogP contribution in [-0.2, 0) is 17.8 Å². The van der Waals surface area contributed by atoms with Crippen molar-refractivity contribution in [1.29, 1.82) is 0 Å². The molecule has 0 radical (unpaired) electrons. The van der Waals surface area contributed by atoms with Crippen molar-refractivity contribution < 1.29 is 14.3 Å². The van der Waals surface area contributed by atoms with Gasteiger partial charge >= 0.3 is 0 Å². The third-order valence-electron chi connectivity index (χ3n) is 5.22. The summed E-state index contributed by atoms with van der Waals surface area (Å²) in [5.74, 6) is 2.23. The molecule has 0 spiro atoms. The van der Waals surface area contributed by atoms with E-state index in [1.165, 1.54) is 6.92 Å². The Hall–Kier alpha value is -3.39. The molecule has 9 heteroatoms. The first kappa shape index (κ1) is 22.8. The van der Waals surface area contributed by atoms with E-state index in [9.17, 15) is 4.79 Å². The summed E-state index contributed by atoms with van der Waals surface area (Å²) in [6.45, 7) is 7.12. The molecule has 1 atom stereocenters. The number of pyridine rings is 1. The summed E-state index contributed by atoms with van der Waals surface area (Å²) >= 11 is 6.69. The molecule has 3 heterocycles. The van der Waals surface area contributed by atoms with Gasteiger partial charge in [0.1, 0.15) is 18.1 Å². The number of aromatic nitrogens is 3. The highest BCUT2D eigenvalue weighted by molar-refractivity contribution is 6.33. The molecule has 0 bridgehead atoms. The average molecular weight is 468 g/mol. The second kappa shape index (κ2) is 10.0. The summed E-state index contributed by atoms with van der Waals surface area (Å²) in [5.41, 5.74) is 3.25. The van der Waals surface area contributed by atoms with Crippen LogP contribution in [-0.4, -0.2) is 40.1 Å². The Morgan fingerprint density at radius 1 is 1.18 bits per heavy atom. The van der Waals surface area contributed by atoms with E-state index in [-0.39, 0.29) is 11.9 Å². The van der Waals surface area contributed by atoms with Crippen molar-refractivity contribution in [3.05, 3.63) is 64.6 Å².